The maximum atomic E-state index is 5.78. The van der Waals surface area contributed by atoms with Gasteiger partial charge in [-0.1, -0.05) is 0 Å². The zero-order valence-corrected chi connectivity index (χ0v) is 11.4. The summed E-state index contributed by atoms with van der Waals surface area (Å²) >= 11 is 9.29. The molecule has 0 aliphatic carbocycles. The maximum Gasteiger partial charge on any atom is 0.0835 e. The monoisotopic (exact) mass is 299 g/mol. The van der Waals surface area contributed by atoms with Crippen LogP contribution in [0.15, 0.2) is 22.9 Å². The molecule has 0 radical (unpaired) electrons. The summed E-state index contributed by atoms with van der Waals surface area (Å²) in [7, 11) is 0. The first-order chi connectivity index (χ1) is 7.63. The van der Waals surface area contributed by atoms with Crippen LogP contribution in [0.2, 0.25) is 0 Å². The molecule has 0 fully saturated rings. The molecule has 0 aliphatic rings. The number of hydrogen-bond acceptors (Lipinski definition) is 2. The molecule has 0 bridgehead atoms. The first-order valence-corrected chi connectivity index (χ1v) is 6.18. The molecule has 0 saturated carbocycles. The second-order valence-corrected chi connectivity index (χ2v) is 4.64. The molecular formula is C11H11BrClN3. The van der Waals surface area contributed by atoms with Gasteiger partial charge in [-0.25, -0.2) is 4.68 Å². The SMILES string of the molecule is Cc1nn(-c2cncc(CCl)c2)c(C)c1Br. The summed E-state index contributed by atoms with van der Waals surface area (Å²) < 4.78 is 2.89. The number of hydrogen-bond donors (Lipinski definition) is 0. The van der Waals surface area contributed by atoms with E-state index in [2.05, 4.69) is 26.0 Å². The van der Waals surface area contributed by atoms with E-state index in [1.54, 1.807) is 12.4 Å². The van der Waals surface area contributed by atoms with E-state index in [9.17, 15) is 0 Å². The van der Waals surface area contributed by atoms with Gasteiger partial charge in [0.2, 0.25) is 0 Å². The van der Waals surface area contributed by atoms with Crippen molar-refractivity contribution in [2.24, 2.45) is 0 Å². The number of rotatable bonds is 2. The third-order valence-electron chi connectivity index (χ3n) is 2.38. The summed E-state index contributed by atoms with van der Waals surface area (Å²) in [6.07, 6.45) is 3.54. The minimum absolute atomic E-state index is 0.460. The van der Waals surface area contributed by atoms with Gasteiger partial charge in [-0.2, -0.15) is 5.10 Å². The van der Waals surface area contributed by atoms with E-state index in [0.717, 1.165) is 27.1 Å². The Bertz CT molecular complexity index is 522. The van der Waals surface area contributed by atoms with E-state index in [0.29, 0.717) is 5.88 Å². The molecule has 0 atom stereocenters. The van der Waals surface area contributed by atoms with Crippen LogP contribution in [-0.4, -0.2) is 14.8 Å². The van der Waals surface area contributed by atoms with Crippen LogP contribution in [0.5, 0.6) is 0 Å². The Kier molecular flexibility index (Phi) is 3.30. The van der Waals surface area contributed by atoms with E-state index in [1.807, 2.05) is 24.6 Å². The van der Waals surface area contributed by atoms with Gasteiger partial charge in [0, 0.05) is 12.1 Å². The number of aryl methyl sites for hydroxylation is 1. The molecule has 2 aromatic rings. The van der Waals surface area contributed by atoms with Crippen molar-refractivity contribution in [1.29, 1.82) is 0 Å². The van der Waals surface area contributed by atoms with Gasteiger partial charge < -0.3 is 0 Å². The largest absolute Gasteiger partial charge is 0.262 e. The number of halogens is 2. The Morgan fingerprint density at radius 1 is 1.38 bits per heavy atom. The molecule has 0 spiro atoms. The smallest absolute Gasteiger partial charge is 0.0835 e. The van der Waals surface area contributed by atoms with E-state index in [4.69, 9.17) is 11.6 Å². The van der Waals surface area contributed by atoms with Crippen LogP contribution in [0.3, 0.4) is 0 Å². The molecule has 0 unspecified atom stereocenters. The summed E-state index contributed by atoms with van der Waals surface area (Å²) in [5, 5.41) is 4.44. The average Bonchev–Trinajstić information content (AvgIpc) is 2.57. The summed E-state index contributed by atoms with van der Waals surface area (Å²) in [4.78, 5) is 4.15. The highest BCUT2D eigenvalue weighted by Crippen LogP contribution is 2.23. The Hall–Kier alpha value is -0.870. The van der Waals surface area contributed by atoms with Crippen LogP contribution < -0.4 is 0 Å². The summed E-state index contributed by atoms with van der Waals surface area (Å²) in [5.74, 6) is 0.460. The summed E-state index contributed by atoms with van der Waals surface area (Å²) in [6.45, 7) is 3.98. The first-order valence-electron chi connectivity index (χ1n) is 4.85. The summed E-state index contributed by atoms with van der Waals surface area (Å²) in [5.41, 5.74) is 3.95. The van der Waals surface area contributed by atoms with Gasteiger partial charge in [-0.3, -0.25) is 4.98 Å². The summed E-state index contributed by atoms with van der Waals surface area (Å²) in [6, 6.07) is 1.99. The number of nitrogens with zero attached hydrogens (tertiary/aromatic N) is 3. The van der Waals surface area contributed by atoms with Crippen LogP contribution in [0.1, 0.15) is 17.0 Å². The molecule has 5 heteroatoms. The van der Waals surface area contributed by atoms with Crippen molar-refractivity contribution in [3.05, 3.63) is 39.9 Å². The molecular weight excluding hydrogens is 289 g/mol. The van der Waals surface area contributed by atoms with Crippen LogP contribution in [0, 0.1) is 13.8 Å². The lowest BCUT2D eigenvalue weighted by Crippen LogP contribution is -2.00. The van der Waals surface area contributed by atoms with Crippen molar-refractivity contribution >= 4 is 27.5 Å². The minimum Gasteiger partial charge on any atom is -0.262 e. The van der Waals surface area contributed by atoms with Gasteiger partial charge >= 0.3 is 0 Å². The van der Waals surface area contributed by atoms with Crippen LogP contribution in [0.4, 0.5) is 0 Å². The van der Waals surface area contributed by atoms with Gasteiger partial charge in [0.05, 0.1) is 27.7 Å². The van der Waals surface area contributed by atoms with Crippen LogP contribution in [0.25, 0.3) is 5.69 Å². The Labute approximate surface area is 108 Å². The first kappa shape index (κ1) is 11.6. The number of aromatic nitrogens is 3. The third-order valence-corrected chi connectivity index (χ3v) is 3.84. The fraction of sp³-hybridized carbons (Fsp3) is 0.273. The molecule has 0 saturated heterocycles. The van der Waals surface area contributed by atoms with Gasteiger partial charge in [-0.15, -0.1) is 11.6 Å². The topological polar surface area (TPSA) is 30.7 Å². The highest BCUT2D eigenvalue weighted by molar-refractivity contribution is 9.10. The number of pyridine rings is 1. The lowest BCUT2D eigenvalue weighted by Gasteiger charge is -2.04. The second-order valence-electron chi connectivity index (χ2n) is 3.58. The molecule has 2 rings (SSSR count). The maximum absolute atomic E-state index is 5.78. The Morgan fingerprint density at radius 2 is 2.12 bits per heavy atom. The average molecular weight is 301 g/mol. The highest BCUT2D eigenvalue weighted by atomic mass is 79.9. The second kappa shape index (κ2) is 4.55. The lowest BCUT2D eigenvalue weighted by atomic mass is 10.3. The van der Waals surface area contributed by atoms with Gasteiger partial charge in [0.25, 0.3) is 0 Å². The molecule has 0 amide bonds. The lowest BCUT2D eigenvalue weighted by molar-refractivity contribution is 0.826. The molecule has 0 N–H and O–H groups in total. The van der Waals surface area contributed by atoms with Crippen molar-refractivity contribution in [2.45, 2.75) is 19.7 Å². The minimum atomic E-state index is 0.460. The molecule has 2 heterocycles. The Morgan fingerprint density at radius 3 is 2.69 bits per heavy atom. The van der Waals surface area contributed by atoms with Crippen LogP contribution in [-0.2, 0) is 5.88 Å². The zero-order valence-electron chi connectivity index (χ0n) is 9.04. The van der Waals surface area contributed by atoms with Crippen molar-refractivity contribution in [1.82, 2.24) is 14.8 Å². The normalized spacial score (nSPS) is 10.8. The van der Waals surface area contributed by atoms with E-state index in [1.165, 1.54) is 0 Å². The molecule has 84 valence electrons. The quantitative estimate of drug-likeness (QED) is 0.796. The standard InChI is InChI=1S/C11H11BrClN3/c1-7-11(12)8(2)16(15-7)10-3-9(4-13)5-14-6-10/h3,5-6H,4H2,1-2H3. The molecule has 0 aliphatic heterocycles. The zero-order chi connectivity index (χ0) is 11.7. The highest BCUT2D eigenvalue weighted by Gasteiger charge is 2.10. The molecule has 3 nitrogen and oxygen atoms in total. The number of alkyl halides is 1. The van der Waals surface area contributed by atoms with Crippen LogP contribution >= 0.6 is 27.5 Å². The predicted octanol–water partition coefficient (Wildman–Crippen LogP) is 3.39. The van der Waals surface area contributed by atoms with Crippen molar-refractivity contribution < 1.29 is 0 Å². The van der Waals surface area contributed by atoms with Gasteiger partial charge in [0.15, 0.2) is 0 Å². The van der Waals surface area contributed by atoms with E-state index < -0.39 is 0 Å². The fourth-order valence-corrected chi connectivity index (χ4v) is 1.93. The molecule has 16 heavy (non-hydrogen) atoms. The van der Waals surface area contributed by atoms with Crippen molar-refractivity contribution in [3.8, 4) is 5.69 Å². The van der Waals surface area contributed by atoms with E-state index in [-0.39, 0.29) is 0 Å². The molecule has 0 aromatic carbocycles. The predicted molar refractivity (Wildman–Crippen MR) is 68.1 cm³/mol. The third kappa shape index (κ3) is 1.99. The van der Waals surface area contributed by atoms with Crippen molar-refractivity contribution in [2.75, 3.05) is 0 Å². The molecule has 2 aromatic heterocycles. The van der Waals surface area contributed by atoms with Crippen molar-refractivity contribution in [3.63, 3.8) is 0 Å². The van der Waals surface area contributed by atoms with E-state index >= 15 is 0 Å². The fourth-order valence-electron chi connectivity index (χ4n) is 1.54. The Balaban J connectivity index is 2.54. The van der Waals surface area contributed by atoms with Gasteiger partial charge in [-0.05, 0) is 41.4 Å². The van der Waals surface area contributed by atoms with Gasteiger partial charge in [0.1, 0.15) is 0 Å².